The Morgan fingerprint density at radius 3 is 2.19 bits per heavy atom. The first-order valence-electron chi connectivity index (χ1n) is 6.39. The van der Waals surface area contributed by atoms with Crippen LogP contribution in [0.25, 0.3) is 0 Å². The minimum Gasteiger partial charge on any atom is -0.481 e. The molecule has 0 spiro atoms. The molecule has 0 aliphatic heterocycles. The average molecular weight is 286 g/mol. The van der Waals surface area contributed by atoms with Crippen molar-refractivity contribution in [2.24, 2.45) is 5.73 Å². The molecule has 0 aliphatic rings. The van der Waals surface area contributed by atoms with Crippen molar-refractivity contribution in [1.29, 1.82) is 0 Å². The molecule has 3 N–H and O–H groups in total. The first-order valence-corrected chi connectivity index (χ1v) is 6.39. The largest absolute Gasteiger partial charge is 0.481 e. The van der Waals surface area contributed by atoms with Gasteiger partial charge in [0.2, 0.25) is 0 Å². The maximum atomic E-state index is 12.0. The molecule has 1 rings (SSSR count). The molecule has 0 unspecified atom stereocenters. The Bertz CT molecular complexity index is 543. The molecule has 0 aromatic heterocycles. The van der Waals surface area contributed by atoms with E-state index in [9.17, 15) is 4.79 Å². The fourth-order valence-electron chi connectivity index (χ4n) is 1.62. The van der Waals surface area contributed by atoms with Crippen molar-refractivity contribution in [1.82, 2.24) is 5.32 Å². The molecule has 1 aromatic carbocycles. The van der Waals surface area contributed by atoms with E-state index in [4.69, 9.17) is 28.1 Å². The number of carbonyl (C=O) groups is 1. The summed E-state index contributed by atoms with van der Waals surface area (Å²) in [7, 11) is 0. The summed E-state index contributed by atoms with van der Waals surface area (Å²) in [5.41, 5.74) is 6.49. The Morgan fingerprint density at radius 2 is 1.76 bits per heavy atom. The number of rotatable bonds is 7. The zero-order valence-corrected chi connectivity index (χ0v) is 11.9. The minimum atomic E-state index is -0.267. The van der Waals surface area contributed by atoms with Crippen LogP contribution in [0, 0.1) is 31.6 Å². The highest BCUT2D eigenvalue weighted by Gasteiger charge is 2.14. The van der Waals surface area contributed by atoms with Crippen LogP contribution in [0.1, 0.15) is 15.9 Å². The zero-order chi connectivity index (χ0) is 15.7. The van der Waals surface area contributed by atoms with Gasteiger partial charge in [-0.1, -0.05) is 11.8 Å². The van der Waals surface area contributed by atoms with Gasteiger partial charge in [0.15, 0.2) is 0 Å². The number of carbonyl (C=O) groups excluding carboxylic acids is 1. The Balaban J connectivity index is 3.10. The summed E-state index contributed by atoms with van der Waals surface area (Å²) in [6.45, 7) is 2.75. The molecular formula is C16H18N2O3. The Hall–Kier alpha value is -2.63. The summed E-state index contributed by atoms with van der Waals surface area (Å²) in [5, 5.41) is 2.68. The topological polar surface area (TPSA) is 73.6 Å². The van der Waals surface area contributed by atoms with Crippen LogP contribution in [0.5, 0.6) is 11.5 Å². The minimum absolute atomic E-state index is 0.100. The van der Waals surface area contributed by atoms with Gasteiger partial charge in [-0.05, 0) is 19.1 Å². The second kappa shape index (κ2) is 8.52. The van der Waals surface area contributed by atoms with E-state index in [2.05, 4.69) is 17.2 Å². The lowest BCUT2D eigenvalue weighted by Crippen LogP contribution is -2.29. The van der Waals surface area contributed by atoms with E-state index in [1.165, 1.54) is 0 Å². The van der Waals surface area contributed by atoms with Crippen molar-refractivity contribution in [2.75, 3.05) is 26.3 Å². The molecule has 21 heavy (non-hydrogen) atoms. The maximum Gasteiger partial charge on any atom is 0.251 e. The van der Waals surface area contributed by atoms with Crippen LogP contribution in [0.4, 0.5) is 0 Å². The lowest BCUT2D eigenvalue weighted by molar-refractivity contribution is 0.0954. The first kappa shape index (κ1) is 16.4. The SMILES string of the molecule is C#CCOc1cc(C(=O)NCCN)cc(OCC#C)c1C. The van der Waals surface area contributed by atoms with E-state index in [1.54, 1.807) is 19.1 Å². The van der Waals surface area contributed by atoms with Gasteiger partial charge in [-0.3, -0.25) is 4.79 Å². The van der Waals surface area contributed by atoms with E-state index in [1.807, 2.05) is 0 Å². The van der Waals surface area contributed by atoms with Crippen molar-refractivity contribution in [2.45, 2.75) is 6.92 Å². The van der Waals surface area contributed by atoms with Gasteiger partial charge in [-0.2, -0.15) is 0 Å². The second-order valence-corrected chi connectivity index (χ2v) is 4.13. The molecule has 0 atom stereocenters. The van der Waals surface area contributed by atoms with E-state index in [0.717, 1.165) is 5.56 Å². The van der Waals surface area contributed by atoms with Crippen LogP contribution < -0.4 is 20.5 Å². The zero-order valence-electron chi connectivity index (χ0n) is 11.9. The van der Waals surface area contributed by atoms with Crippen LogP contribution >= 0.6 is 0 Å². The summed E-state index contributed by atoms with van der Waals surface area (Å²) in [5.74, 6) is 5.46. The number of nitrogens with two attached hydrogens (primary N) is 1. The van der Waals surface area contributed by atoms with Crippen LogP contribution in [0.3, 0.4) is 0 Å². The fourth-order valence-corrected chi connectivity index (χ4v) is 1.62. The molecule has 0 saturated carbocycles. The van der Waals surface area contributed by atoms with Crippen molar-refractivity contribution in [3.63, 3.8) is 0 Å². The third-order valence-corrected chi connectivity index (χ3v) is 2.63. The highest BCUT2D eigenvalue weighted by Crippen LogP contribution is 2.30. The molecule has 110 valence electrons. The number of nitrogens with one attached hydrogen (secondary N) is 1. The summed E-state index contributed by atoms with van der Waals surface area (Å²) in [4.78, 5) is 12.0. The molecule has 0 bridgehead atoms. The monoisotopic (exact) mass is 286 g/mol. The van der Waals surface area contributed by atoms with Crippen LogP contribution in [0.15, 0.2) is 12.1 Å². The van der Waals surface area contributed by atoms with Gasteiger partial charge < -0.3 is 20.5 Å². The molecule has 1 amide bonds. The van der Waals surface area contributed by atoms with Gasteiger partial charge >= 0.3 is 0 Å². The highest BCUT2D eigenvalue weighted by atomic mass is 16.5. The van der Waals surface area contributed by atoms with Crippen LogP contribution in [0.2, 0.25) is 0 Å². The molecule has 1 aromatic rings. The standard InChI is InChI=1S/C16H18N2O3/c1-4-8-20-14-10-13(16(19)18-7-6-17)11-15(12(14)3)21-9-5-2/h1-2,10-11H,6-9,17H2,3H3,(H,18,19). The summed E-state index contributed by atoms with van der Waals surface area (Å²) < 4.78 is 10.9. The van der Waals surface area contributed by atoms with Gasteiger partial charge in [0.05, 0.1) is 0 Å². The predicted octanol–water partition coefficient (Wildman–Crippen LogP) is 0.708. The van der Waals surface area contributed by atoms with Crippen LogP contribution in [-0.2, 0) is 0 Å². The summed E-state index contributed by atoms with van der Waals surface area (Å²) >= 11 is 0. The van der Waals surface area contributed by atoms with Crippen molar-refractivity contribution < 1.29 is 14.3 Å². The lowest BCUT2D eigenvalue weighted by Gasteiger charge is -2.14. The third-order valence-electron chi connectivity index (χ3n) is 2.63. The molecule has 0 aliphatic carbocycles. The van der Waals surface area contributed by atoms with E-state index in [0.29, 0.717) is 30.2 Å². The number of hydrogen-bond acceptors (Lipinski definition) is 4. The van der Waals surface area contributed by atoms with Crippen LogP contribution in [-0.4, -0.2) is 32.2 Å². The summed E-state index contributed by atoms with van der Waals surface area (Å²) in [6, 6.07) is 3.22. The number of benzene rings is 1. The Morgan fingerprint density at radius 1 is 1.24 bits per heavy atom. The van der Waals surface area contributed by atoms with Gasteiger partial charge in [-0.15, -0.1) is 12.8 Å². The molecule has 0 fully saturated rings. The summed E-state index contributed by atoms with van der Waals surface area (Å²) in [6.07, 6.45) is 10.4. The van der Waals surface area contributed by atoms with Crippen molar-refractivity contribution >= 4 is 5.91 Å². The van der Waals surface area contributed by atoms with Gasteiger partial charge in [0.1, 0.15) is 24.7 Å². The first-order chi connectivity index (χ1) is 10.1. The maximum absolute atomic E-state index is 12.0. The van der Waals surface area contributed by atoms with Gasteiger partial charge in [0, 0.05) is 24.2 Å². The average Bonchev–Trinajstić information content (AvgIpc) is 2.50. The van der Waals surface area contributed by atoms with E-state index >= 15 is 0 Å². The second-order valence-electron chi connectivity index (χ2n) is 4.13. The molecular weight excluding hydrogens is 268 g/mol. The number of amides is 1. The normalized spacial score (nSPS) is 9.33. The van der Waals surface area contributed by atoms with E-state index < -0.39 is 0 Å². The predicted molar refractivity (Wildman–Crippen MR) is 81.2 cm³/mol. The van der Waals surface area contributed by atoms with Crippen molar-refractivity contribution in [3.8, 4) is 36.2 Å². The van der Waals surface area contributed by atoms with Crippen molar-refractivity contribution in [3.05, 3.63) is 23.3 Å². The highest BCUT2D eigenvalue weighted by molar-refractivity contribution is 5.95. The molecule has 5 heteroatoms. The number of ether oxygens (including phenoxy) is 2. The molecule has 0 radical (unpaired) electrons. The fraction of sp³-hybridized carbons (Fsp3) is 0.312. The molecule has 5 nitrogen and oxygen atoms in total. The van der Waals surface area contributed by atoms with E-state index in [-0.39, 0.29) is 19.1 Å². The molecule has 0 heterocycles. The van der Waals surface area contributed by atoms with Gasteiger partial charge in [-0.25, -0.2) is 0 Å². The number of terminal acetylenes is 2. The quantitative estimate of drug-likeness (QED) is 0.724. The molecule has 0 saturated heterocycles. The lowest BCUT2D eigenvalue weighted by atomic mass is 10.1. The Kier molecular flexibility index (Phi) is 6.67. The smallest absolute Gasteiger partial charge is 0.251 e. The Labute approximate surface area is 124 Å². The third kappa shape index (κ3) is 4.76. The number of hydrogen-bond donors (Lipinski definition) is 2. The van der Waals surface area contributed by atoms with Gasteiger partial charge in [0.25, 0.3) is 5.91 Å².